The molecular formula is C26H24Cl2P2Pd. The third-order valence-electron chi connectivity index (χ3n) is 4.94. The van der Waals surface area contributed by atoms with Crippen LogP contribution < -0.4 is 0 Å². The molecule has 0 nitrogen and oxygen atoms in total. The molecule has 2 atom stereocenters. The Hall–Kier alpha value is -1.02. The zero-order valence-corrected chi connectivity index (χ0v) is 21.8. The number of halogens is 2. The summed E-state index contributed by atoms with van der Waals surface area (Å²) >= 11 is -2.70. The van der Waals surface area contributed by atoms with E-state index >= 15 is 0 Å². The molecule has 162 valence electrons. The third-order valence-corrected chi connectivity index (χ3v) is 21.3. The first-order valence-electron chi connectivity index (χ1n) is 9.93. The molecule has 0 amide bonds. The first-order chi connectivity index (χ1) is 15.1. The van der Waals surface area contributed by atoms with Crippen LogP contribution in [0.15, 0.2) is 121 Å². The van der Waals surface area contributed by atoms with Crippen LogP contribution in [0.25, 0.3) is 0 Å². The van der Waals surface area contributed by atoms with Gasteiger partial charge in [-0.05, 0) is 0 Å². The van der Waals surface area contributed by atoms with Crippen LogP contribution in [-0.4, -0.2) is 0 Å². The number of hydrogen-bond donors (Lipinski definition) is 0. The summed E-state index contributed by atoms with van der Waals surface area (Å²) in [6, 6.07) is 42.6. The number of hydrogen-bond acceptors (Lipinski definition) is 0. The van der Waals surface area contributed by atoms with Crippen molar-refractivity contribution in [3.63, 3.8) is 0 Å². The molecule has 0 N–H and O–H groups in total. The minimum atomic E-state index is -2.70. The number of rotatable bonds is 8. The van der Waals surface area contributed by atoms with Gasteiger partial charge < -0.3 is 0 Å². The van der Waals surface area contributed by atoms with E-state index in [0.29, 0.717) is 13.5 Å². The molecule has 0 aliphatic carbocycles. The molecule has 0 heterocycles. The molecule has 0 saturated heterocycles. The van der Waals surface area contributed by atoms with Crippen molar-refractivity contribution in [3.8, 4) is 0 Å². The van der Waals surface area contributed by atoms with Gasteiger partial charge in [0.15, 0.2) is 0 Å². The van der Waals surface area contributed by atoms with E-state index in [0.717, 1.165) is 0 Å². The van der Waals surface area contributed by atoms with Crippen molar-refractivity contribution >= 4 is 32.6 Å². The van der Waals surface area contributed by atoms with Crippen molar-refractivity contribution in [2.24, 2.45) is 0 Å². The molecule has 0 aliphatic heterocycles. The first-order valence-corrected chi connectivity index (χ1v) is 20.4. The van der Waals surface area contributed by atoms with Crippen molar-refractivity contribution in [1.29, 1.82) is 0 Å². The third kappa shape index (κ3) is 6.50. The van der Waals surface area contributed by atoms with Gasteiger partial charge in [-0.1, -0.05) is 0 Å². The van der Waals surface area contributed by atoms with Crippen LogP contribution in [0.3, 0.4) is 0 Å². The van der Waals surface area contributed by atoms with E-state index in [1.165, 1.54) is 22.3 Å². The van der Waals surface area contributed by atoms with Crippen LogP contribution in [0.4, 0.5) is 0 Å². The van der Waals surface area contributed by atoms with Gasteiger partial charge in [-0.3, -0.25) is 0 Å². The minimum absolute atomic E-state index is 0.231. The van der Waals surface area contributed by atoms with Gasteiger partial charge in [0, 0.05) is 0 Å². The summed E-state index contributed by atoms with van der Waals surface area (Å²) in [6.45, 7) is 0.961. The molecule has 31 heavy (non-hydrogen) atoms. The average molecular weight is 576 g/mol. The van der Waals surface area contributed by atoms with Gasteiger partial charge in [0.05, 0.1) is 0 Å². The van der Waals surface area contributed by atoms with Crippen molar-refractivity contribution in [3.05, 3.63) is 144 Å². The maximum atomic E-state index is 7.27. The van der Waals surface area contributed by atoms with E-state index < -0.39 is 12.5 Å². The van der Waals surface area contributed by atoms with Crippen LogP contribution in [0.1, 0.15) is 33.6 Å². The topological polar surface area (TPSA) is 0 Å². The Morgan fingerprint density at radius 1 is 0.419 bits per heavy atom. The van der Waals surface area contributed by atoms with Crippen LogP contribution in [0.5, 0.6) is 0 Å². The molecule has 0 spiro atoms. The second kappa shape index (κ2) is 11.2. The Labute approximate surface area is 198 Å². The summed E-state index contributed by atoms with van der Waals surface area (Å²) in [5.41, 5.74) is 5.61. The zero-order chi connectivity index (χ0) is 21.5. The summed E-state index contributed by atoms with van der Waals surface area (Å²) < 4.78 is 0. The molecule has 4 aromatic carbocycles. The molecular weight excluding hydrogens is 552 g/mol. The summed E-state index contributed by atoms with van der Waals surface area (Å²) in [5, 5.41) is 0. The Morgan fingerprint density at radius 2 is 0.645 bits per heavy atom. The molecule has 0 bridgehead atoms. The first kappa shape index (κ1) is 23.2. The van der Waals surface area contributed by atoms with Gasteiger partial charge in [-0.15, -0.1) is 0 Å². The average Bonchev–Trinajstić information content (AvgIpc) is 2.83. The molecule has 0 aromatic heterocycles. The summed E-state index contributed by atoms with van der Waals surface area (Å²) in [6.07, 6.45) is 0. The normalized spacial score (nSPS) is 13.0. The fourth-order valence-electron chi connectivity index (χ4n) is 3.43. The van der Waals surface area contributed by atoms with Crippen molar-refractivity contribution < 1.29 is 12.5 Å². The molecule has 0 fully saturated rings. The van der Waals surface area contributed by atoms with Gasteiger partial charge in [0.25, 0.3) is 0 Å². The Bertz CT molecular complexity index is 896. The number of benzene rings is 4. The maximum absolute atomic E-state index is 7.27. The summed E-state index contributed by atoms with van der Waals surface area (Å²) in [7, 11) is 14.5. The standard InChI is InChI=1S/2C13H12P.2ClH.Pd/c2*14-13(11-7-3-1-4-8-11)12-9-5-2-6-10-12;;;/h2*1-10,13-14H;2*1H;/q2*-1;;;+4/p-2. The van der Waals surface area contributed by atoms with Gasteiger partial charge in [-0.2, -0.15) is 0 Å². The molecule has 0 saturated carbocycles. The van der Waals surface area contributed by atoms with Crippen LogP contribution in [0, 0.1) is 0 Å². The molecule has 5 heteroatoms. The summed E-state index contributed by atoms with van der Waals surface area (Å²) in [4.78, 5) is 0. The Morgan fingerprint density at radius 3 is 0.871 bits per heavy atom. The van der Waals surface area contributed by atoms with E-state index in [9.17, 15) is 0 Å². The van der Waals surface area contributed by atoms with Crippen molar-refractivity contribution in [2.45, 2.75) is 11.3 Å². The SMILES string of the molecule is [Cl][Pd]([Cl])([PH]C(c1ccccc1)c1ccccc1)[PH]C(c1ccccc1)c1ccccc1. The molecule has 0 aliphatic rings. The van der Waals surface area contributed by atoms with Crippen molar-refractivity contribution in [2.75, 3.05) is 0 Å². The van der Waals surface area contributed by atoms with E-state index in [1.54, 1.807) is 0 Å². The monoisotopic (exact) mass is 574 g/mol. The van der Waals surface area contributed by atoms with Crippen LogP contribution in [-0.2, 0) is 12.5 Å². The Balaban J connectivity index is 1.65. The summed E-state index contributed by atoms with van der Waals surface area (Å²) in [5.74, 6) is 0. The van der Waals surface area contributed by atoms with E-state index in [1.807, 2.05) is 0 Å². The fourth-order valence-corrected chi connectivity index (χ4v) is 21.1. The fraction of sp³-hybridized carbons (Fsp3) is 0.0769. The second-order valence-corrected chi connectivity index (χ2v) is 30.2. The van der Waals surface area contributed by atoms with Gasteiger partial charge >= 0.3 is 200 Å². The molecule has 4 aromatic rings. The van der Waals surface area contributed by atoms with Crippen molar-refractivity contribution in [1.82, 2.24) is 0 Å². The molecule has 2 unspecified atom stereocenters. The van der Waals surface area contributed by atoms with E-state index in [4.69, 9.17) is 19.1 Å². The van der Waals surface area contributed by atoms with E-state index in [2.05, 4.69) is 121 Å². The molecule has 0 radical (unpaired) electrons. The molecule has 4 rings (SSSR count). The second-order valence-electron chi connectivity index (χ2n) is 7.05. The van der Waals surface area contributed by atoms with E-state index in [-0.39, 0.29) is 11.3 Å². The quantitative estimate of drug-likeness (QED) is 0.145. The predicted molar refractivity (Wildman–Crippen MR) is 138 cm³/mol. The van der Waals surface area contributed by atoms with Gasteiger partial charge in [0.1, 0.15) is 0 Å². The van der Waals surface area contributed by atoms with Crippen LogP contribution >= 0.6 is 32.6 Å². The zero-order valence-electron chi connectivity index (χ0n) is 16.8. The predicted octanol–water partition coefficient (Wildman–Crippen LogP) is 9.21. The van der Waals surface area contributed by atoms with Gasteiger partial charge in [-0.25, -0.2) is 0 Å². The van der Waals surface area contributed by atoms with Crippen LogP contribution in [0.2, 0.25) is 0 Å². The van der Waals surface area contributed by atoms with Gasteiger partial charge in [0.2, 0.25) is 0 Å². The Kier molecular flexibility index (Phi) is 8.38.